The Morgan fingerprint density at radius 3 is 2.17 bits per heavy atom. The molecule has 0 aliphatic carbocycles. The van der Waals surface area contributed by atoms with E-state index in [9.17, 15) is 4.79 Å². The summed E-state index contributed by atoms with van der Waals surface area (Å²) in [7, 11) is 0. The van der Waals surface area contributed by atoms with E-state index >= 15 is 0 Å². The molecule has 0 saturated heterocycles. The second kappa shape index (κ2) is 12.3. The molecule has 0 bridgehead atoms. The number of terminal acetylenes is 1. The van der Waals surface area contributed by atoms with Crippen LogP contribution in [-0.2, 0) is 4.79 Å². The number of unbranched alkanes of at least 4 members (excludes halogenated alkanes) is 2. The monoisotopic (exact) mass is 328 g/mol. The molecule has 0 saturated carbocycles. The number of hydrogen-bond donors (Lipinski definition) is 1. The Morgan fingerprint density at radius 2 is 1.58 bits per heavy atom. The summed E-state index contributed by atoms with van der Waals surface area (Å²) in [5.41, 5.74) is -0.123. The van der Waals surface area contributed by atoms with Crippen molar-refractivity contribution in [1.82, 2.24) is 0 Å². The van der Waals surface area contributed by atoms with Gasteiger partial charge in [0, 0.05) is 12.8 Å². The van der Waals surface area contributed by atoms with E-state index in [4.69, 9.17) is 11.5 Å². The first-order valence-electron chi connectivity index (χ1n) is 8.73. The molecule has 0 aromatic heterocycles. The fourth-order valence-corrected chi connectivity index (χ4v) is 2.33. The molecule has 1 aliphatic heterocycles. The van der Waals surface area contributed by atoms with Crippen molar-refractivity contribution in [3.05, 3.63) is 36.5 Å². The predicted molar refractivity (Wildman–Crippen MR) is 97.6 cm³/mol. The third-order valence-corrected chi connectivity index (χ3v) is 3.80. The lowest BCUT2D eigenvalue weighted by Crippen LogP contribution is -2.09. The molecule has 0 atom stereocenters. The zero-order chi connectivity index (χ0) is 17.5. The zero-order valence-electron chi connectivity index (χ0n) is 14.4. The highest BCUT2D eigenvalue weighted by Gasteiger charge is 2.37. The van der Waals surface area contributed by atoms with E-state index < -0.39 is 5.97 Å². The van der Waals surface area contributed by atoms with E-state index in [-0.39, 0.29) is 12.1 Å². The molecule has 1 rings (SSSR count). The second-order valence-corrected chi connectivity index (χ2v) is 5.95. The topological polar surface area (TPSA) is 62.0 Å². The molecule has 1 N–H and O–H groups in total. The van der Waals surface area contributed by atoms with Gasteiger partial charge < -0.3 is 5.11 Å². The largest absolute Gasteiger partial charge is 0.481 e. The van der Waals surface area contributed by atoms with Gasteiger partial charge in [-0.05, 0) is 51.4 Å². The lowest BCUT2D eigenvalue weighted by Gasteiger charge is -2.06. The van der Waals surface area contributed by atoms with Gasteiger partial charge >= 0.3 is 5.97 Å². The smallest absolute Gasteiger partial charge is 0.303 e. The van der Waals surface area contributed by atoms with Crippen molar-refractivity contribution in [3.8, 4) is 12.3 Å². The van der Waals surface area contributed by atoms with E-state index in [1.807, 2.05) is 6.08 Å². The van der Waals surface area contributed by atoms with Crippen LogP contribution in [-0.4, -0.2) is 16.7 Å². The molecule has 0 fully saturated rings. The molecule has 0 radical (unpaired) electrons. The van der Waals surface area contributed by atoms with Crippen LogP contribution >= 0.6 is 0 Å². The third kappa shape index (κ3) is 10.6. The minimum absolute atomic E-state index is 0.123. The Morgan fingerprint density at radius 1 is 0.958 bits per heavy atom. The maximum Gasteiger partial charge on any atom is 0.303 e. The number of rotatable bonds is 14. The van der Waals surface area contributed by atoms with Gasteiger partial charge in [0.15, 0.2) is 5.66 Å². The highest BCUT2D eigenvalue weighted by Crippen LogP contribution is 2.38. The summed E-state index contributed by atoms with van der Waals surface area (Å²) < 4.78 is 0. The summed E-state index contributed by atoms with van der Waals surface area (Å²) in [6.07, 6.45) is 26.4. The van der Waals surface area contributed by atoms with Crippen molar-refractivity contribution < 1.29 is 9.90 Å². The van der Waals surface area contributed by atoms with Crippen LogP contribution in [0.3, 0.4) is 0 Å². The van der Waals surface area contributed by atoms with Crippen molar-refractivity contribution in [3.63, 3.8) is 0 Å². The molecule has 0 spiro atoms. The minimum Gasteiger partial charge on any atom is -0.481 e. The first-order valence-corrected chi connectivity index (χ1v) is 8.73. The van der Waals surface area contributed by atoms with E-state index in [1.54, 1.807) is 0 Å². The normalized spacial score (nSPS) is 15.5. The van der Waals surface area contributed by atoms with Gasteiger partial charge in [0.1, 0.15) is 0 Å². The summed E-state index contributed by atoms with van der Waals surface area (Å²) in [4.78, 5) is 10.3. The van der Waals surface area contributed by atoms with Gasteiger partial charge in [-0.3, -0.25) is 4.79 Å². The minimum atomic E-state index is -0.724. The van der Waals surface area contributed by atoms with Crippen molar-refractivity contribution in [2.75, 3.05) is 0 Å². The van der Waals surface area contributed by atoms with Crippen LogP contribution in [0.1, 0.15) is 64.2 Å². The van der Waals surface area contributed by atoms with Crippen LogP contribution in [0, 0.1) is 12.3 Å². The maximum absolute atomic E-state index is 10.3. The van der Waals surface area contributed by atoms with Crippen LogP contribution in [0.15, 0.2) is 46.7 Å². The summed E-state index contributed by atoms with van der Waals surface area (Å²) >= 11 is 0. The molecule has 0 aromatic rings. The number of carboxylic acids is 1. The molecular formula is C20H28N2O2. The Hall–Kier alpha value is -2.15. The van der Waals surface area contributed by atoms with Crippen molar-refractivity contribution in [2.24, 2.45) is 10.2 Å². The number of hydrogen-bond acceptors (Lipinski definition) is 3. The van der Waals surface area contributed by atoms with Crippen LogP contribution in [0.25, 0.3) is 0 Å². The molecule has 0 amide bonds. The van der Waals surface area contributed by atoms with Gasteiger partial charge in [0.05, 0.1) is 0 Å². The number of nitrogens with zero attached hydrogens (tertiary/aromatic N) is 2. The van der Waals surface area contributed by atoms with E-state index in [1.165, 1.54) is 0 Å². The van der Waals surface area contributed by atoms with Crippen LogP contribution in [0.5, 0.6) is 0 Å². The molecule has 0 aromatic carbocycles. The maximum atomic E-state index is 10.3. The standard InChI is InChI=1S/C20H28N2O2/c1-2-3-14-17-20(21-22-20)18-15-12-10-8-6-4-5-7-9-11-13-16-19(23)24/h1,4,6-7,9-10,12H,3,5,8,11,13-18H2,(H,23,24)/b6-4-,9-7-,12-10-. The van der Waals surface area contributed by atoms with E-state index in [0.717, 1.165) is 51.4 Å². The van der Waals surface area contributed by atoms with Gasteiger partial charge in [-0.1, -0.05) is 36.5 Å². The lowest BCUT2D eigenvalue weighted by molar-refractivity contribution is -0.137. The van der Waals surface area contributed by atoms with Crippen molar-refractivity contribution in [1.29, 1.82) is 0 Å². The molecule has 4 heteroatoms. The van der Waals surface area contributed by atoms with Crippen LogP contribution in [0.4, 0.5) is 0 Å². The van der Waals surface area contributed by atoms with Gasteiger partial charge in [-0.25, -0.2) is 0 Å². The molecular weight excluding hydrogens is 300 g/mol. The van der Waals surface area contributed by atoms with Gasteiger partial charge in [0.2, 0.25) is 0 Å². The predicted octanol–water partition coefficient (Wildman–Crippen LogP) is 5.44. The lowest BCUT2D eigenvalue weighted by atomic mass is 10.0. The average Bonchev–Trinajstić information content (AvgIpc) is 3.32. The Labute approximate surface area is 145 Å². The van der Waals surface area contributed by atoms with Gasteiger partial charge in [-0.15, -0.1) is 12.3 Å². The Kier molecular flexibility index (Phi) is 10.2. The molecule has 4 nitrogen and oxygen atoms in total. The molecule has 130 valence electrons. The number of allylic oxidation sites excluding steroid dienone is 6. The van der Waals surface area contributed by atoms with Gasteiger partial charge in [-0.2, -0.15) is 10.2 Å². The first-order chi connectivity index (χ1) is 11.7. The Bertz CT molecular complexity index is 518. The van der Waals surface area contributed by atoms with Crippen LogP contribution < -0.4 is 0 Å². The fraction of sp³-hybridized carbons (Fsp3) is 0.550. The van der Waals surface area contributed by atoms with Gasteiger partial charge in [0.25, 0.3) is 0 Å². The summed E-state index contributed by atoms with van der Waals surface area (Å²) in [5, 5.41) is 16.9. The summed E-state index contributed by atoms with van der Waals surface area (Å²) in [6.45, 7) is 0. The fourth-order valence-electron chi connectivity index (χ4n) is 2.33. The molecule has 1 heterocycles. The quantitative estimate of drug-likeness (QED) is 0.262. The highest BCUT2D eigenvalue weighted by atomic mass is 16.4. The average molecular weight is 328 g/mol. The molecule has 0 unspecified atom stereocenters. The summed E-state index contributed by atoms with van der Waals surface area (Å²) in [5.74, 6) is 1.93. The van der Waals surface area contributed by atoms with E-state index in [2.05, 4.69) is 46.5 Å². The molecule has 24 heavy (non-hydrogen) atoms. The zero-order valence-corrected chi connectivity index (χ0v) is 14.4. The Balaban J connectivity index is 1.97. The van der Waals surface area contributed by atoms with Crippen molar-refractivity contribution in [2.45, 2.75) is 69.9 Å². The van der Waals surface area contributed by atoms with Crippen molar-refractivity contribution >= 4 is 5.97 Å². The van der Waals surface area contributed by atoms with E-state index in [0.29, 0.717) is 6.42 Å². The molecule has 1 aliphatic rings. The third-order valence-electron chi connectivity index (χ3n) is 3.80. The number of carboxylic acid groups (broad SMARTS) is 1. The SMILES string of the molecule is C#CCCCC1(CC/C=C\C/C=C\C/C=C\CCCC(=O)O)N=N1. The van der Waals surface area contributed by atoms with Crippen LogP contribution in [0.2, 0.25) is 0 Å². The number of carbonyl (C=O) groups is 1. The summed E-state index contributed by atoms with van der Waals surface area (Å²) in [6, 6.07) is 0. The number of aliphatic carboxylic acids is 1. The highest BCUT2D eigenvalue weighted by molar-refractivity contribution is 5.66. The first kappa shape index (κ1) is 19.9. The second-order valence-electron chi connectivity index (χ2n) is 5.95.